The van der Waals surface area contributed by atoms with Gasteiger partial charge in [-0.15, -0.1) is 0 Å². The number of halogens is 1. The van der Waals surface area contributed by atoms with Gasteiger partial charge in [-0.1, -0.05) is 0 Å². The van der Waals surface area contributed by atoms with Crippen molar-refractivity contribution in [1.29, 1.82) is 0 Å². The lowest BCUT2D eigenvalue weighted by atomic mass is 9.90. The Bertz CT molecular complexity index is 776. The minimum Gasteiger partial charge on any atom is -0.480 e. The summed E-state index contributed by atoms with van der Waals surface area (Å²) in [5.74, 6) is -1.49. The summed E-state index contributed by atoms with van der Waals surface area (Å²) < 4.78 is 11.5. The first kappa shape index (κ1) is 16.0. The van der Waals surface area contributed by atoms with Crippen LogP contribution in [0.4, 0.5) is 0 Å². The number of ether oxygens (including phenoxy) is 1. The van der Waals surface area contributed by atoms with Crippen LogP contribution in [-0.2, 0) is 9.53 Å². The van der Waals surface area contributed by atoms with Crippen molar-refractivity contribution in [2.24, 2.45) is 0 Å². The van der Waals surface area contributed by atoms with E-state index >= 15 is 0 Å². The number of benzene rings is 1. The van der Waals surface area contributed by atoms with Gasteiger partial charge in [0.05, 0.1) is 4.47 Å². The molecular formula is C16H16BrNO5. The molecule has 0 saturated carbocycles. The third kappa shape index (κ3) is 2.98. The first-order valence-corrected chi connectivity index (χ1v) is 8.04. The van der Waals surface area contributed by atoms with Gasteiger partial charge in [0.15, 0.2) is 5.76 Å². The van der Waals surface area contributed by atoms with Gasteiger partial charge >= 0.3 is 5.97 Å². The lowest BCUT2D eigenvalue weighted by Crippen LogP contribution is -2.57. The quantitative estimate of drug-likeness (QED) is 0.852. The summed E-state index contributed by atoms with van der Waals surface area (Å²) in [6.45, 7) is 2.55. The molecule has 0 spiro atoms. The molecule has 122 valence electrons. The fraction of sp³-hybridized carbons (Fsp3) is 0.375. The molecule has 0 unspecified atom stereocenters. The Morgan fingerprint density at radius 2 is 1.96 bits per heavy atom. The molecule has 1 amide bonds. The number of carbonyl (C=O) groups is 2. The summed E-state index contributed by atoms with van der Waals surface area (Å²) >= 11 is 3.41. The molecule has 1 aliphatic heterocycles. The summed E-state index contributed by atoms with van der Waals surface area (Å²) in [4.78, 5) is 24.1. The van der Waals surface area contributed by atoms with Crippen LogP contribution < -0.4 is 5.32 Å². The van der Waals surface area contributed by atoms with Crippen molar-refractivity contribution in [1.82, 2.24) is 5.32 Å². The molecule has 23 heavy (non-hydrogen) atoms. The van der Waals surface area contributed by atoms with E-state index in [2.05, 4.69) is 21.2 Å². The van der Waals surface area contributed by atoms with Crippen LogP contribution in [0.5, 0.6) is 0 Å². The largest absolute Gasteiger partial charge is 0.480 e. The fourth-order valence-electron chi connectivity index (χ4n) is 2.75. The van der Waals surface area contributed by atoms with E-state index in [1.165, 1.54) is 0 Å². The molecule has 1 fully saturated rings. The number of aliphatic carboxylic acids is 1. The van der Waals surface area contributed by atoms with Crippen LogP contribution >= 0.6 is 15.9 Å². The molecule has 0 bridgehead atoms. The molecule has 1 saturated heterocycles. The van der Waals surface area contributed by atoms with Gasteiger partial charge in [-0.05, 0) is 46.6 Å². The molecule has 1 aliphatic rings. The maximum absolute atomic E-state index is 12.5. The van der Waals surface area contributed by atoms with E-state index in [1.54, 1.807) is 6.07 Å². The number of aryl methyl sites for hydroxylation is 1. The highest BCUT2D eigenvalue weighted by Gasteiger charge is 2.42. The minimum absolute atomic E-state index is 0.0958. The fourth-order valence-corrected chi connectivity index (χ4v) is 3.43. The van der Waals surface area contributed by atoms with Crippen LogP contribution in [0.2, 0.25) is 0 Å². The Morgan fingerprint density at radius 3 is 2.61 bits per heavy atom. The van der Waals surface area contributed by atoms with E-state index in [4.69, 9.17) is 9.15 Å². The Morgan fingerprint density at radius 1 is 1.26 bits per heavy atom. The number of carboxylic acids is 1. The summed E-state index contributed by atoms with van der Waals surface area (Å²) in [6, 6.07) is 5.42. The topological polar surface area (TPSA) is 88.8 Å². The predicted octanol–water partition coefficient (Wildman–Crippen LogP) is 2.87. The molecule has 0 aliphatic carbocycles. The second-order valence-corrected chi connectivity index (χ2v) is 6.58. The molecule has 2 heterocycles. The van der Waals surface area contributed by atoms with Gasteiger partial charge in [0, 0.05) is 31.4 Å². The lowest BCUT2D eigenvalue weighted by Gasteiger charge is -2.33. The maximum atomic E-state index is 12.5. The monoisotopic (exact) mass is 381 g/mol. The Hall–Kier alpha value is -1.86. The number of furan rings is 1. The highest BCUT2D eigenvalue weighted by atomic mass is 79.9. The first-order valence-electron chi connectivity index (χ1n) is 7.25. The van der Waals surface area contributed by atoms with Crippen molar-refractivity contribution in [3.8, 4) is 0 Å². The van der Waals surface area contributed by atoms with Crippen molar-refractivity contribution >= 4 is 38.8 Å². The molecule has 1 aromatic heterocycles. The van der Waals surface area contributed by atoms with Crippen LogP contribution in [0.25, 0.3) is 11.0 Å². The Kier molecular flexibility index (Phi) is 4.16. The van der Waals surface area contributed by atoms with Gasteiger partial charge < -0.3 is 19.6 Å². The standard InChI is InChI=1S/C16H16BrNO5/c1-9-6-10-8-12(23-13(10)11(17)7-9)14(19)18-16(15(20)21)2-4-22-5-3-16/h6-8H,2-5H2,1H3,(H,18,19)(H,20,21). The third-order valence-corrected chi connectivity index (χ3v) is 4.64. The normalized spacial score (nSPS) is 17.1. The number of carbonyl (C=O) groups excluding carboxylic acids is 1. The van der Waals surface area contributed by atoms with Crippen LogP contribution in [-0.4, -0.2) is 35.7 Å². The van der Waals surface area contributed by atoms with Gasteiger partial charge in [0.2, 0.25) is 0 Å². The smallest absolute Gasteiger partial charge is 0.329 e. The molecule has 2 N–H and O–H groups in total. The summed E-state index contributed by atoms with van der Waals surface area (Å²) in [6.07, 6.45) is 0.466. The average molecular weight is 382 g/mol. The van der Waals surface area contributed by atoms with Gasteiger partial charge in [-0.3, -0.25) is 4.79 Å². The Labute approximate surface area is 140 Å². The molecule has 7 heteroatoms. The number of rotatable bonds is 3. The summed E-state index contributed by atoms with van der Waals surface area (Å²) in [7, 11) is 0. The lowest BCUT2D eigenvalue weighted by molar-refractivity contribution is -0.148. The van der Waals surface area contributed by atoms with Gasteiger partial charge in [0.25, 0.3) is 5.91 Å². The third-order valence-electron chi connectivity index (χ3n) is 4.05. The zero-order valence-electron chi connectivity index (χ0n) is 12.5. The molecular weight excluding hydrogens is 366 g/mol. The van der Waals surface area contributed by atoms with Crippen LogP contribution in [0.15, 0.2) is 27.1 Å². The second kappa shape index (κ2) is 5.98. The highest BCUT2D eigenvalue weighted by molar-refractivity contribution is 9.10. The van der Waals surface area contributed by atoms with E-state index in [0.717, 1.165) is 15.4 Å². The number of amides is 1. The van der Waals surface area contributed by atoms with Crippen molar-refractivity contribution in [3.05, 3.63) is 34.0 Å². The van der Waals surface area contributed by atoms with E-state index in [0.29, 0.717) is 18.8 Å². The first-order chi connectivity index (χ1) is 10.9. The van der Waals surface area contributed by atoms with E-state index in [1.807, 2.05) is 19.1 Å². The van der Waals surface area contributed by atoms with Gasteiger partial charge in [-0.2, -0.15) is 0 Å². The van der Waals surface area contributed by atoms with Gasteiger partial charge in [-0.25, -0.2) is 4.79 Å². The molecule has 2 aromatic rings. The molecule has 0 radical (unpaired) electrons. The number of carboxylic acid groups (broad SMARTS) is 1. The molecule has 3 rings (SSSR count). The van der Waals surface area contributed by atoms with E-state index in [9.17, 15) is 14.7 Å². The summed E-state index contributed by atoms with van der Waals surface area (Å²) in [5.41, 5.74) is 0.294. The number of hydrogen-bond acceptors (Lipinski definition) is 4. The van der Waals surface area contributed by atoms with Crippen molar-refractivity contribution in [3.63, 3.8) is 0 Å². The Balaban J connectivity index is 1.91. The predicted molar refractivity (Wildman–Crippen MR) is 86.5 cm³/mol. The SMILES string of the molecule is Cc1cc(Br)c2oc(C(=O)NC3(C(=O)O)CCOCC3)cc2c1. The van der Waals surface area contributed by atoms with Crippen LogP contribution in [0.3, 0.4) is 0 Å². The van der Waals surface area contributed by atoms with Crippen molar-refractivity contribution in [2.45, 2.75) is 25.3 Å². The highest BCUT2D eigenvalue weighted by Crippen LogP contribution is 2.29. The van der Waals surface area contributed by atoms with Gasteiger partial charge in [0.1, 0.15) is 11.1 Å². The van der Waals surface area contributed by atoms with Crippen LogP contribution in [0, 0.1) is 6.92 Å². The minimum atomic E-state index is -1.30. The number of fused-ring (bicyclic) bond motifs is 1. The van der Waals surface area contributed by atoms with Crippen molar-refractivity contribution < 1.29 is 23.8 Å². The van der Waals surface area contributed by atoms with E-state index in [-0.39, 0.29) is 18.6 Å². The maximum Gasteiger partial charge on any atom is 0.329 e. The molecule has 6 nitrogen and oxygen atoms in total. The number of nitrogens with one attached hydrogen (secondary N) is 1. The summed E-state index contributed by atoms with van der Waals surface area (Å²) in [5, 5.41) is 12.9. The second-order valence-electron chi connectivity index (χ2n) is 5.73. The van der Waals surface area contributed by atoms with Crippen molar-refractivity contribution in [2.75, 3.05) is 13.2 Å². The average Bonchev–Trinajstić information content (AvgIpc) is 2.92. The zero-order chi connectivity index (χ0) is 16.6. The van der Waals surface area contributed by atoms with Crippen LogP contribution in [0.1, 0.15) is 29.0 Å². The molecule has 0 atom stereocenters. The van der Waals surface area contributed by atoms with E-state index < -0.39 is 17.4 Å². The molecule has 1 aromatic carbocycles. The zero-order valence-corrected chi connectivity index (χ0v) is 14.1. The number of hydrogen-bond donors (Lipinski definition) is 2.